The molecule has 2 rings (SSSR count). The zero-order valence-corrected chi connectivity index (χ0v) is 12.1. The van der Waals surface area contributed by atoms with Gasteiger partial charge in [0, 0.05) is 10.2 Å². The number of rotatable bonds is 3. The Labute approximate surface area is 119 Å². The highest BCUT2D eigenvalue weighted by Gasteiger charge is 2.08. The van der Waals surface area contributed by atoms with E-state index in [0.29, 0.717) is 5.82 Å². The van der Waals surface area contributed by atoms with E-state index in [-0.39, 0.29) is 5.69 Å². The number of nitrogens with zero attached hydrogens (tertiary/aromatic N) is 2. The lowest BCUT2D eigenvalue weighted by Gasteiger charge is -2.07. The molecule has 0 amide bonds. The molecule has 0 atom stereocenters. The van der Waals surface area contributed by atoms with E-state index in [2.05, 4.69) is 36.0 Å². The normalized spacial score (nSPS) is 10.1. The summed E-state index contributed by atoms with van der Waals surface area (Å²) >= 11 is 3.44. The third kappa shape index (κ3) is 3.29. The standard InChI is InChI=1S/C13H12BrN3O2/c1-8-5-9(3-4-10(8)14)16-12-7-15-6-11(17-12)13(18)19-2/h3-7H,1-2H3,(H,16,17). The first kappa shape index (κ1) is 13.5. The van der Waals surface area contributed by atoms with Crippen LogP contribution in [0.3, 0.4) is 0 Å². The molecule has 6 heteroatoms. The zero-order chi connectivity index (χ0) is 13.8. The van der Waals surface area contributed by atoms with Crippen molar-refractivity contribution in [1.29, 1.82) is 0 Å². The molecule has 0 spiro atoms. The second kappa shape index (κ2) is 5.79. The van der Waals surface area contributed by atoms with E-state index in [0.717, 1.165) is 15.7 Å². The van der Waals surface area contributed by atoms with Crippen LogP contribution in [0.5, 0.6) is 0 Å². The van der Waals surface area contributed by atoms with Crippen molar-refractivity contribution in [3.63, 3.8) is 0 Å². The Hall–Kier alpha value is -1.95. The molecule has 1 aromatic heterocycles. The number of esters is 1. The van der Waals surface area contributed by atoms with Gasteiger partial charge in [-0.1, -0.05) is 15.9 Å². The highest BCUT2D eigenvalue weighted by atomic mass is 79.9. The van der Waals surface area contributed by atoms with Gasteiger partial charge in [0.25, 0.3) is 0 Å². The van der Waals surface area contributed by atoms with E-state index in [4.69, 9.17) is 0 Å². The lowest BCUT2D eigenvalue weighted by molar-refractivity contribution is 0.0593. The van der Waals surface area contributed by atoms with Crippen LogP contribution in [0, 0.1) is 6.92 Å². The SMILES string of the molecule is COC(=O)c1cncc(Nc2ccc(Br)c(C)c2)n1. The minimum absolute atomic E-state index is 0.168. The Morgan fingerprint density at radius 2 is 2.16 bits per heavy atom. The molecule has 0 radical (unpaired) electrons. The highest BCUT2D eigenvalue weighted by molar-refractivity contribution is 9.10. The van der Waals surface area contributed by atoms with Gasteiger partial charge in [0.2, 0.25) is 0 Å². The van der Waals surface area contributed by atoms with Gasteiger partial charge in [-0.25, -0.2) is 9.78 Å². The van der Waals surface area contributed by atoms with Crippen molar-refractivity contribution in [2.45, 2.75) is 6.92 Å². The van der Waals surface area contributed by atoms with Crippen molar-refractivity contribution in [1.82, 2.24) is 9.97 Å². The van der Waals surface area contributed by atoms with Gasteiger partial charge in [-0.05, 0) is 30.7 Å². The fraction of sp³-hybridized carbons (Fsp3) is 0.154. The number of methoxy groups -OCH3 is 1. The summed E-state index contributed by atoms with van der Waals surface area (Å²) < 4.78 is 5.64. The molecule has 0 saturated heterocycles. The molecule has 1 heterocycles. The average Bonchev–Trinajstić information content (AvgIpc) is 2.42. The molecule has 0 saturated carbocycles. The van der Waals surface area contributed by atoms with Crippen molar-refractivity contribution < 1.29 is 9.53 Å². The van der Waals surface area contributed by atoms with E-state index in [1.807, 2.05) is 25.1 Å². The Morgan fingerprint density at radius 3 is 2.84 bits per heavy atom. The second-order valence-corrected chi connectivity index (χ2v) is 4.72. The predicted octanol–water partition coefficient (Wildman–Crippen LogP) is 3.08. The topological polar surface area (TPSA) is 64.1 Å². The van der Waals surface area contributed by atoms with Gasteiger partial charge in [-0.3, -0.25) is 4.98 Å². The molecule has 0 unspecified atom stereocenters. The van der Waals surface area contributed by atoms with Crippen LogP contribution in [0.1, 0.15) is 16.1 Å². The van der Waals surface area contributed by atoms with Crippen molar-refractivity contribution in [3.8, 4) is 0 Å². The fourth-order valence-corrected chi connectivity index (χ4v) is 1.75. The Kier molecular flexibility index (Phi) is 4.11. The van der Waals surface area contributed by atoms with Crippen molar-refractivity contribution in [2.24, 2.45) is 0 Å². The number of ether oxygens (including phenoxy) is 1. The van der Waals surface area contributed by atoms with Crippen molar-refractivity contribution in [3.05, 3.63) is 46.3 Å². The van der Waals surface area contributed by atoms with E-state index >= 15 is 0 Å². The molecule has 98 valence electrons. The summed E-state index contributed by atoms with van der Waals surface area (Å²) in [5, 5.41) is 3.09. The first-order chi connectivity index (χ1) is 9.10. The maximum absolute atomic E-state index is 11.4. The molecule has 0 fully saturated rings. The van der Waals surface area contributed by atoms with Crippen LogP contribution >= 0.6 is 15.9 Å². The monoisotopic (exact) mass is 321 g/mol. The summed E-state index contributed by atoms with van der Waals surface area (Å²) in [6, 6.07) is 5.81. The third-order valence-electron chi connectivity index (χ3n) is 2.46. The smallest absolute Gasteiger partial charge is 0.358 e. The molecular formula is C13H12BrN3O2. The number of aromatic nitrogens is 2. The molecular weight excluding hydrogens is 310 g/mol. The molecule has 1 N–H and O–H groups in total. The highest BCUT2D eigenvalue weighted by Crippen LogP contribution is 2.22. The molecule has 0 bridgehead atoms. The number of benzene rings is 1. The third-order valence-corrected chi connectivity index (χ3v) is 3.35. The number of aryl methyl sites for hydroxylation is 1. The lowest BCUT2D eigenvalue weighted by atomic mass is 10.2. The van der Waals surface area contributed by atoms with Gasteiger partial charge in [0.05, 0.1) is 19.5 Å². The quantitative estimate of drug-likeness (QED) is 0.880. The Morgan fingerprint density at radius 1 is 1.37 bits per heavy atom. The Bertz CT molecular complexity index is 617. The minimum atomic E-state index is -0.511. The minimum Gasteiger partial charge on any atom is -0.464 e. The van der Waals surface area contributed by atoms with E-state index < -0.39 is 5.97 Å². The molecule has 2 aromatic rings. The van der Waals surface area contributed by atoms with Crippen LogP contribution < -0.4 is 5.32 Å². The van der Waals surface area contributed by atoms with Crippen LogP contribution in [-0.4, -0.2) is 23.0 Å². The van der Waals surface area contributed by atoms with Gasteiger partial charge in [-0.2, -0.15) is 0 Å². The van der Waals surface area contributed by atoms with Crippen LogP contribution in [0.25, 0.3) is 0 Å². The van der Waals surface area contributed by atoms with Gasteiger partial charge in [0.1, 0.15) is 5.82 Å². The number of carbonyl (C=O) groups is 1. The largest absolute Gasteiger partial charge is 0.464 e. The lowest BCUT2D eigenvalue weighted by Crippen LogP contribution is -2.06. The van der Waals surface area contributed by atoms with Crippen LogP contribution in [0.15, 0.2) is 35.1 Å². The summed E-state index contributed by atoms with van der Waals surface area (Å²) in [6.07, 6.45) is 2.91. The summed E-state index contributed by atoms with van der Waals surface area (Å²) in [5.41, 5.74) is 2.14. The molecule has 0 aliphatic rings. The van der Waals surface area contributed by atoms with Crippen molar-refractivity contribution >= 4 is 33.4 Å². The van der Waals surface area contributed by atoms with E-state index in [9.17, 15) is 4.79 Å². The maximum Gasteiger partial charge on any atom is 0.358 e. The summed E-state index contributed by atoms with van der Waals surface area (Å²) in [7, 11) is 1.31. The molecule has 1 aromatic carbocycles. The number of hydrogen-bond donors (Lipinski definition) is 1. The first-order valence-electron chi connectivity index (χ1n) is 5.53. The van der Waals surface area contributed by atoms with Gasteiger partial charge in [-0.15, -0.1) is 0 Å². The summed E-state index contributed by atoms with van der Waals surface area (Å²) in [5.74, 6) is -0.0206. The second-order valence-electron chi connectivity index (χ2n) is 3.87. The average molecular weight is 322 g/mol. The fourth-order valence-electron chi connectivity index (χ4n) is 1.50. The van der Waals surface area contributed by atoms with E-state index in [1.165, 1.54) is 13.3 Å². The molecule has 19 heavy (non-hydrogen) atoms. The van der Waals surface area contributed by atoms with Gasteiger partial charge < -0.3 is 10.1 Å². The summed E-state index contributed by atoms with van der Waals surface area (Å²) in [4.78, 5) is 19.4. The Balaban J connectivity index is 2.23. The number of hydrogen-bond acceptors (Lipinski definition) is 5. The molecule has 0 aliphatic heterocycles. The van der Waals surface area contributed by atoms with Gasteiger partial charge in [0.15, 0.2) is 5.69 Å². The number of carbonyl (C=O) groups excluding carboxylic acids is 1. The predicted molar refractivity (Wildman–Crippen MR) is 75.5 cm³/mol. The number of halogens is 1. The molecule has 0 aliphatic carbocycles. The van der Waals surface area contributed by atoms with Crippen LogP contribution in [-0.2, 0) is 4.74 Å². The zero-order valence-electron chi connectivity index (χ0n) is 10.5. The number of anilines is 2. The maximum atomic E-state index is 11.4. The molecule has 5 nitrogen and oxygen atoms in total. The van der Waals surface area contributed by atoms with E-state index in [1.54, 1.807) is 6.20 Å². The summed E-state index contributed by atoms with van der Waals surface area (Å²) in [6.45, 7) is 1.99. The van der Waals surface area contributed by atoms with Crippen LogP contribution in [0.2, 0.25) is 0 Å². The van der Waals surface area contributed by atoms with Gasteiger partial charge >= 0.3 is 5.97 Å². The van der Waals surface area contributed by atoms with Crippen LogP contribution in [0.4, 0.5) is 11.5 Å². The number of nitrogens with one attached hydrogen (secondary N) is 1. The first-order valence-corrected chi connectivity index (χ1v) is 6.33. The van der Waals surface area contributed by atoms with Crippen molar-refractivity contribution in [2.75, 3.05) is 12.4 Å².